The number of hydrogen-bond donors (Lipinski definition) is 1. The molecule has 102 valence electrons. The molecule has 1 rings (SSSR count). The lowest BCUT2D eigenvalue weighted by Crippen LogP contribution is -2.32. The molecule has 2 nitrogen and oxygen atoms in total. The standard InChI is InChI=1S/C15H24FNO/c1-3-10-17-14(8-6-11-18-2)12-13-7-4-5-9-15(13)16/h4-5,7,9,14,17H,3,6,8,10-12H2,1-2H3. The monoisotopic (exact) mass is 253 g/mol. The zero-order valence-corrected chi connectivity index (χ0v) is 11.4. The van der Waals surface area contributed by atoms with Gasteiger partial charge in [-0.2, -0.15) is 0 Å². The molecule has 0 amide bonds. The van der Waals surface area contributed by atoms with Crippen LogP contribution in [0.2, 0.25) is 0 Å². The topological polar surface area (TPSA) is 21.3 Å². The smallest absolute Gasteiger partial charge is 0.126 e. The van der Waals surface area contributed by atoms with Crippen molar-refractivity contribution >= 4 is 0 Å². The van der Waals surface area contributed by atoms with E-state index < -0.39 is 0 Å². The largest absolute Gasteiger partial charge is 0.385 e. The molecule has 1 unspecified atom stereocenters. The van der Waals surface area contributed by atoms with Crippen LogP contribution in [0.4, 0.5) is 4.39 Å². The van der Waals surface area contributed by atoms with Gasteiger partial charge in [-0.05, 0) is 43.9 Å². The van der Waals surface area contributed by atoms with Crippen molar-refractivity contribution < 1.29 is 9.13 Å². The number of methoxy groups -OCH3 is 1. The molecule has 0 bridgehead atoms. The van der Waals surface area contributed by atoms with Gasteiger partial charge in [0, 0.05) is 19.8 Å². The molecule has 1 atom stereocenters. The molecule has 0 aliphatic heterocycles. The number of ether oxygens (including phenoxy) is 1. The van der Waals surface area contributed by atoms with E-state index in [1.807, 2.05) is 12.1 Å². The maximum atomic E-state index is 13.6. The van der Waals surface area contributed by atoms with Crippen LogP contribution in [0.25, 0.3) is 0 Å². The predicted molar refractivity (Wildman–Crippen MR) is 73.3 cm³/mol. The van der Waals surface area contributed by atoms with Crippen LogP contribution in [0.5, 0.6) is 0 Å². The summed E-state index contributed by atoms with van der Waals surface area (Å²) in [7, 11) is 1.71. The van der Waals surface area contributed by atoms with Crippen LogP contribution >= 0.6 is 0 Å². The van der Waals surface area contributed by atoms with Gasteiger partial charge in [-0.1, -0.05) is 25.1 Å². The van der Waals surface area contributed by atoms with Gasteiger partial charge in [-0.15, -0.1) is 0 Å². The van der Waals surface area contributed by atoms with Crippen molar-refractivity contribution in [3.8, 4) is 0 Å². The van der Waals surface area contributed by atoms with Crippen LogP contribution in [0, 0.1) is 5.82 Å². The first-order chi connectivity index (χ1) is 8.77. The Balaban J connectivity index is 2.51. The fraction of sp³-hybridized carbons (Fsp3) is 0.600. The van der Waals surface area contributed by atoms with Gasteiger partial charge in [0.15, 0.2) is 0 Å². The first-order valence-electron chi connectivity index (χ1n) is 6.73. The molecular formula is C15H24FNO. The average molecular weight is 253 g/mol. The Morgan fingerprint density at radius 2 is 2.11 bits per heavy atom. The highest BCUT2D eigenvalue weighted by molar-refractivity contribution is 5.18. The predicted octanol–water partition coefficient (Wildman–Crippen LogP) is 3.16. The lowest BCUT2D eigenvalue weighted by molar-refractivity contribution is 0.188. The number of halogens is 1. The molecule has 0 saturated heterocycles. The number of hydrogen-bond acceptors (Lipinski definition) is 2. The molecule has 1 N–H and O–H groups in total. The summed E-state index contributed by atoms with van der Waals surface area (Å²) in [6.07, 6.45) is 3.86. The highest BCUT2D eigenvalue weighted by atomic mass is 19.1. The number of benzene rings is 1. The maximum absolute atomic E-state index is 13.6. The molecule has 0 aromatic heterocycles. The van der Waals surface area contributed by atoms with Crippen LogP contribution in [0.15, 0.2) is 24.3 Å². The molecule has 0 spiro atoms. The summed E-state index contributed by atoms with van der Waals surface area (Å²) in [6.45, 7) is 3.88. The molecular weight excluding hydrogens is 229 g/mol. The molecule has 0 saturated carbocycles. The van der Waals surface area contributed by atoms with Crippen LogP contribution in [-0.4, -0.2) is 26.3 Å². The van der Waals surface area contributed by atoms with E-state index in [1.54, 1.807) is 13.2 Å². The van der Waals surface area contributed by atoms with Gasteiger partial charge < -0.3 is 10.1 Å². The summed E-state index contributed by atoms with van der Waals surface area (Å²) in [4.78, 5) is 0. The van der Waals surface area contributed by atoms with Gasteiger partial charge in [0.05, 0.1) is 0 Å². The van der Waals surface area contributed by atoms with Crippen molar-refractivity contribution in [2.24, 2.45) is 0 Å². The van der Waals surface area contributed by atoms with Crippen LogP contribution in [-0.2, 0) is 11.2 Å². The Hall–Kier alpha value is -0.930. The van der Waals surface area contributed by atoms with Gasteiger partial charge in [0.1, 0.15) is 5.82 Å². The van der Waals surface area contributed by atoms with E-state index in [0.29, 0.717) is 6.04 Å². The lowest BCUT2D eigenvalue weighted by atomic mass is 10.0. The van der Waals surface area contributed by atoms with Crippen molar-refractivity contribution in [3.05, 3.63) is 35.6 Å². The summed E-state index contributed by atoms with van der Waals surface area (Å²) in [5, 5.41) is 3.48. The van der Waals surface area contributed by atoms with E-state index in [4.69, 9.17) is 4.74 Å². The van der Waals surface area contributed by atoms with E-state index in [1.165, 1.54) is 6.07 Å². The van der Waals surface area contributed by atoms with Crippen molar-refractivity contribution in [2.75, 3.05) is 20.3 Å². The van der Waals surface area contributed by atoms with E-state index in [2.05, 4.69) is 12.2 Å². The summed E-state index contributed by atoms with van der Waals surface area (Å²) < 4.78 is 18.7. The lowest BCUT2D eigenvalue weighted by Gasteiger charge is -2.18. The minimum Gasteiger partial charge on any atom is -0.385 e. The minimum atomic E-state index is -0.104. The van der Waals surface area contributed by atoms with Crippen molar-refractivity contribution in [1.29, 1.82) is 0 Å². The van der Waals surface area contributed by atoms with Gasteiger partial charge >= 0.3 is 0 Å². The van der Waals surface area contributed by atoms with E-state index in [0.717, 1.165) is 44.4 Å². The van der Waals surface area contributed by atoms with Crippen molar-refractivity contribution in [1.82, 2.24) is 5.32 Å². The normalized spacial score (nSPS) is 12.6. The summed E-state index contributed by atoms with van der Waals surface area (Å²) in [5.74, 6) is -0.104. The summed E-state index contributed by atoms with van der Waals surface area (Å²) in [5.41, 5.74) is 0.795. The SMILES string of the molecule is CCCNC(CCCOC)Cc1ccccc1F. The third-order valence-electron chi connectivity index (χ3n) is 3.01. The molecule has 0 aliphatic carbocycles. The molecule has 0 radical (unpaired) electrons. The van der Waals surface area contributed by atoms with Crippen molar-refractivity contribution in [2.45, 2.75) is 38.6 Å². The van der Waals surface area contributed by atoms with Gasteiger partial charge in [0.25, 0.3) is 0 Å². The Labute approximate surface area is 110 Å². The van der Waals surface area contributed by atoms with Crippen LogP contribution in [0.1, 0.15) is 31.7 Å². The molecule has 0 aliphatic rings. The highest BCUT2D eigenvalue weighted by Crippen LogP contribution is 2.12. The maximum Gasteiger partial charge on any atom is 0.126 e. The molecule has 1 aromatic rings. The fourth-order valence-electron chi connectivity index (χ4n) is 2.03. The van der Waals surface area contributed by atoms with Gasteiger partial charge in [-0.3, -0.25) is 0 Å². The molecule has 18 heavy (non-hydrogen) atoms. The van der Waals surface area contributed by atoms with E-state index in [9.17, 15) is 4.39 Å². The first kappa shape index (κ1) is 15.1. The third kappa shape index (κ3) is 5.61. The van der Waals surface area contributed by atoms with Crippen LogP contribution < -0.4 is 5.32 Å². The molecule has 3 heteroatoms. The summed E-state index contributed by atoms with van der Waals surface area (Å²) >= 11 is 0. The fourth-order valence-corrected chi connectivity index (χ4v) is 2.03. The molecule has 0 fully saturated rings. The zero-order valence-electron chi connectivity index (χ0n) is 11.4. The molecule has 0 heterocycles. The summed E-state index contributed by atoms with van der Waals surface area (Å²) in [6, 6.07) is 7.35. The Bertz CT molecular complexity index is 330. The minimum absolute atomic E-state index is 0.104. The molecule has 1 aromatic carbocycles. The van der Waals surface area contributed by atoms with Gasteiger partial charge in [-0.25, -0.2) is 4.39 Å². The Kier molecular flexibility index (Phi) is 7.62. The second-order valence-electron chi connectivity index (χ2n) is 4.58. The average Bonchev–Trinajstić information content (AvgIpc) is 2.38. The quantitative estimate of drug-likeness (QED) is 0.683. The second-order valence-corrected chi connectivity index (χ2v) is 4.58. The number of rotatable bonds is 9. The first-order valence-corrected chi connectivity index (χ1v) is 6.73. The number of nitrogens with one attached hydrogen (secondary N) is 1. The van der Waals surface area contributed by atoms with E-state index >= 15 is 0 Å². The third-order valence-corrected chi connectivity index (χ3v) is 3.01. The Morgan fingerprint density at radius 1 is 1.33 bits per heavy atom. The van der Waals surface area contributed by atoms with Crippen LogP contribution in [0.3, 0.4) is 0 Å². The van der Waals surface area contributed by atoms with Gasteiger partial charge in [0.2, 0.25) is 0 Å². The van der Waals surface area contributed by atoms with E-state index in [-0.39, 0.29) is 5.82 Å². The zero-order chi connectivity index (χ0) is 13.2. The Morgan fingerprint density at radius 3 is 2.78 bits per heavy atom. The highest BCUT2D eigenvalue weighted by Gasteiger charge is 2.11. The second kappa shape index (κ2) is 9.06. The van der Waals surface area contributed by atoms with Crippen molar-refractivity contribution in [3.63, 3.8) is 0 Å².